The summed E-state index contributed by atoms with van der Waals surface area (Å²) in [6.45, 7) is 9.48. The van der Waals surface area contributed by atoms with E-state index in [4.69, 9.17) is 4.99 Å². The second-order valence-corrected chi connectivity index (χ2v) is 9.04. The van der Waals surface area contributed by atoms with E-state index in [1.54, 1.807) is 0 Å². The number of nitrogens with one attached hydrogen (secondary N) is 2. The maximum absolute atomic E-state index is 12.1. The number of carbonyl (C=O) groups is 1. The van der Waals surface area contributed by atoms with Crippen LogP contribution in [0.5, 0.6) is 0 Å². The molecule has 2 aromatic rings. The van der Waals surface area contributed by atoms with Gasteiger partial charge in [0.05, 0.1) is 12.6 Å². The SMILES string of the molecule is CCNC(=NCc1ccccc1CN1CCCC1=O)NC(C)c1cccc(N2CCCC2)c1.I. The third-order valence-electron chi connectivity index (χ3n) is 6.60. The minimum Gasteiger partial charge on any atom is -0.372 e. The monoisotopic (exact) mass is 575 g/mol. The topological polar surface area (TPSA) is 60.0 Å². The number of likely N-dealkylation sites (tertiary alicyclic amines) is 1. The molecule has 0 aromatic heterocycles. The van der Waals surface area contributed by atoms with Crippen LogP contribution >= 0.6 is 24.0 Å². The predicted octanol–water partition coefficient (Wildman–Crippen LogP) is 4.84. The molecule has 6 nitrogen and oxygen atoms in total. The van der Waals surface area contributed by atoms with Gasteiger partial charge in [-0.1, -0.05) is 36.4 Å². The number of nitrogens with zero attached hydrogens (tertiary/aromatic N) is 3. The van der Waals surface area contributed by atoms with Crippen LogP contribution in [0.2, 0.25) is 0 Å². The molecule has 2 saturated heterocycles. The van der Waals surface area contributed by atoms with Crippen molar-refractivity contribution in [2.24, 2.45) is 4.99 Å². The molecule has 4 rings (SSSR count). The normalized spacial score (nSPS) is 17.0. The Bertz CT molecular complexity index is 973. The number of amides is 1. The number of hydrogen-bond acceptors (Lipinski definition) is 3. The summed E-state index contributed by atoms with van der Waals surface area (Å²) in [6, 6.07) is 17.3. The Balaban J connectivity index is 0.00000324. The Labute approximate surface area is 221 Å². The van der Waals surface area contributed by atoms with Crippen molar-refractivity contribution in [1.82, 2.24) is 15.5 Å². The van der Waals surface area contributed by atoms with Crippen molar-refractivity contribution in [1.29, 1.82) is 0 Å². The van der Waals surface area contributed by atoms with Crippen LogP contribution in [0, 0.1) is 0 Å². The Morgan fingerprint density at radius 1 is 1.03 bits per heavy atom. The smallest absolute Gasteiger partial charge is 0.222 e. The first-order valence-electron chi connectivity index (χ1n) is 12.4. The van der Waals surface area contributed by atoms with E-state index in [0.29, 0.717) is 19.5 Å². The third-order valence-corrected chi connectivity index (χ3v) is 6.60. The molecular weight excluding hydrogens is 537 g/mol. The molecule has 7 heteroatoms. The van der Waals surface area contributed by atoms with Crippen molar-refractivity contribution >= 4 is 41.5 Å². The number of anilines is 1. The van der Waals surface area contributed by atoms with Crippen LogP contribution in [0.3, 0.4) is 0 Å². The number of hydrogen-bond donors (Lipinski definition) is 2. The van der Waals surface area contributed by atoms with Crippen LogP contribution in [0.25, 0.3) is 0 Å². The van der Waals surface area contributed by atoms with E-state index < -0.39 is 0 Å². The lowest BCUT2D eigenvalue weighted by Crippen LogP contribution is -2.38. The van der Waals surface area contributed by atoms with Gasteiger partial charge in [-0.15, -0.1) is 24.0 Å². The highest BCUT2D eigenvalue weighted by molar-refractivity contribution is 14.0. The predicted molar refractivity (Wildman–Crippen MR) is 151 cm³/mol. The quantitative estimate of drug-likeness (QED) is 0.269. The average Bonchev–Trinajstić information content (AvgIpc) is 3.51. The van der Waals surface area contributed by atoms with Crippen molar-refractivity contribution in [3.05, 3.63) is 65.2 Å². The number of carbonyl (C=O) groups excluding carboxylic acids is 1. The van der Waals surface area contributed by atoms with Crippen molar-refractivity contribution in [2.75, 3.05) is 31.1 Å². The van der Waals surface area contributed by atoms with Gasteiger partial charge in [-0.25, -0.2) is 4.99 Å². The summed E-state index contributed by atoms with van der Waals surface area (Å²) in [5.41, 5.74) is 4.92. The van der Waals surface area contributed by atoms with Crippen molar-refractivity contribution < 1.29 is 4.79 Å². The number of aliphatic imine (C=N–C) groups is 1. The van der Waals surface area contributed by atoms with E-state index in [-0.39, 0.29) is 35.9 Å². The van der Waals surface area contributed by atoms with Gasteiger partial charge in [0, 0.05) is 44.8 Å². The highest BCUT2D eigenvalue weighted by Gasteiger charge is 2.21. The van der Waals surface area contributed by atoms with Gasteiger partial charge in [0.2, 0.25) is 5.91 Å². The minimum absolute atomic E-state index is 0. The third kappa shape index (κ3) is 6.87. The lowest BCUT2D eigenvalue weighted by Gasteiger charge is -2.22. The molecule has 2 N–H and O–H groups in total. The first-order valence-corrected chi connectivity index (χ1v) is 12.4. The van der Waals surface area contributed by atoms with Gasteiger partial charge in [-0.2, -0.15) is 0 Å². The zero-order chi connectivity index (χ0) is 23.0. The summed E-state index contributed by atoms with van der Waals surface area (Å²) >= 11 is 0. The Hall–Kier alpha value is -2.29. The van der Waals surface area contributed by atoms with E-state index in [1.165, 1.54) is 29.7 Å². The second-order valence-electron chi connectivity index (χ2n) is 9.04. The molecule has 2 aromatic carbocycles. The van der Waals surface area contributed by atoms with E-state index >= 15 is 0 Å². The summed E-state index contributed by atoms with van der Waals surface area (Å²) in [5.74, 6) is 1.07. The fraction of sp³-hybridized carbons (Fsp3) is 0.481. The maximum atomic E-state index is 12.1. The van der Waals surface area contributed by atoms with Gasteiger partial charge >= 0.3 is 0 Å². The zero-order valence-corrected chi connectivity index (χ0v) is 22.8. The van der Waals surface area contributed by atoms with Gasteiger partial charge in [-0.05, 0) is 61.9 Å². The molecule has 2 aliphatic rings. The molecule has 184 valence electrons. The van der Waals surface area contributed by atoms with Gasteiger partial charge in [-0.3, -0.25) is 4.79 Å². The molecule has 2 heterocycles. The van der Waals surface area contributed by atoms with Crippen LogP contribution in [0.15, 0.2) is 53.5 Å². The summed E-state index contributed by atoms with van der Waals surface area (Å²) in [4.78, 5) is 21.4. The number of rotatable bonds is 8. The molecule has 2 aliphatic heterocycles. The van der Waals surface area contributed by atoms with Crippen LogP contribution < -0.4 is 15.5 Å². The standard InChI is InChI=1S/C27H37N5O.HI/c1-3-28-27(30-21(2)22-12-8-13-25(18-22)31-15-6-7-16-31)29-19-23-10-4-5-11-24(23)20-32-17-9-14-26(32)33;/h4-5,8,10-13,18,21H,3,6-7,9,14-17,19-20H2,1-2H3,(H2,28,29,30);1H. The molecule has 0 spiro atoms. The van der Waals surface area contributed by atoms with Gasteiger partial charge in [0.15, 0.2) is 5.96 Å². The fourth-order valence-electron chi connectivity index (χ4n) is 4.68. The Kier molecular flexibility index (Phi) is 10.0. The van der Waals surface area contributed by atoms with Crippen molar-refractivity contribution in [3.8, 4) is 0 Å². The second kappa shape index (κ2) is 13.0. The number of benzene rings is 2. The van der Waals surface area contributed by atoms with Crippen molar-refractivity contribution in [3.63, 3.8) is 0 Å². The summed E-state index contributed by atoms with van der Waals surface area (Å²) < 4.78 is 0. The van der Waals surface area contributed by atoms with E-state index in [1.807, 2.05) is 17.0 Å². The lowest BCUT2D eigenvalue weighted by atomic mass is 10.1. The van der Waals surface area contributed by atoms with Crippen molar-refractivity contribution in [2.45, 2.75) is 58.7 Å². The first-order chi connectivity index (χ1) is 16.1. The van der Waals surface area contributed by atoms with Crippen LogP contribution in [0.4, 0.5) is 5.69 Å². The molecule has 0 aliphatic carbocycles. The Morgan fingerprint density at radius 3 is 2.50 bits per heavy atom. The van der Waals surface area contributed by atoms with Crippen LogP contribution in [0.1, 0.15) is 62.3 Å². The van der Waals surface area contributed by atoms with E-state index in [9.17, 15) is 4.79 Å². The van der Waals surface area contributed by atoms with Crippen LogP contribution in [-0.2, 0) is 17.9 Å². The first kappa shape index (κ1) is 26.3. The molecular formula is C27H38IN5O. The number of guanidine groups is 1. The van der Waals surface area contributed by atoms with Crippen LogP contribution in [-0.4, -0.2) is 42.9 Å². The number of halogens is 1. The maximum Gasteiger partial charge on any atom is 0.222 e. The molecule has 2 fully saturated rings. The Morgan fingerprint density at radius 2 is 1.79 bits per heavy atom. The fourth-order valence-corrected chi connectivity index (χ4v) is 4.68. The average molecular weight is 576 g/mol. The summed E-state index contributed by atoms with van der Waals surface area (Å²) in [5, 5.41) is 6.96. The molecule has 0 bridgehead atoms. The van der Waals surface area contributed by atoms with E-state index in [2.05, 4.69) is 65.8 Å². The molecule has 0 radical (unpaired) electrons. The highest BCUT2D eigenvalue weighted by Crippen LogP contribution is 2.24. The summed E-state index contributed by atoms with van der Waals surface area (Å²) in [6.07, 6.45) is 4.20. The largest absolute Gasteiger partial charge is 0.372 e. The lowest BCUT2D eigenvalue weighted by molar-refractivity contribution is -0.128. The molecule has 34 heavy (non-hydrogen) atoms. The minimum atomic E-state index is 0. The van der Waals surface area contributed by atoms with Gasteiger partial charge in [0.25, 0.3) is 0 Å². The van der Waals surface area contributed by atoms with Gasteiger partial charge < -0.3 is 20.4 Å². The van der Waals surface area contributed by atoms with Gasteiger partial charge in [0.1, 0.15) is 0 Å². The highest BCUT2D eigenvalue weighted by atomic mass is 127. The molecule has 1 atom stereocenters. The van der Waals surface area contributed by atoms with E-state index in [0.717, 1.165) is 44.1 Å². The molecule has 0 saturated carbocycles. The summed E-state index contributed by atoms with van der Waals surface area (Å²) in [7, 11) is 0. The molecule has 1 unspecified atom stereocenters. The zero-order valence-electron chi connectivity index (χ0n) is 20.4. The molecule has 1 amide bonds.